The van der Waals surface area contributed by atoms with E-state index in [0.717, 1.165) is 44.4 Å². The summed E-state index contributed by atoms with van der Waals surface area (Å²) in [5.74, 6) is 2.90. The van der Waals surface area contributed by atoms with E-state index < -0.39 is 0 Å². The Hall–Kier alpha value is -9.27. The van der Waals surface area contributed by atoms with Crippen molar-refractivity contribution in [2.75, 3.05) is 4.90 Å². The molecular weight excluding hydrogens is 857 g/mol. The van der Waals surface area contributed by atoms with Crippen LogP contribution in [0.25, 0.3) is 72.7 Å². The van der Waals surface area contributed by atoms with E-state index in [2.05, 4.69) is 161 Å². The largest absolute Gasteiger partial charge is 0.383 e. The summed E-state index contributed by atoms with van der Waals surface area (Å²) >= 11 is 0. The summed E-state index contributed by atoms with van der Waals surface area (Å²) in [7, 11) is 0. The van der Waals surface area contributed by atoms with E-state index >= 15 is 0 Å². The number of benzene rings is 9. The van der Waals surface area contributed by atoms with Crippen LogP contribution in [0.4, 0.5) is 11.4 Å². The molecule has 13 rings (SSSR count). The van der Waals surface area contributed by atoms with Crippen LogP contribution in [-0.2, 0) is 6.67 Å². The lowest BCUT2D eigenvalue weighted by atomic mass is 9.85. The second-order valence-corrected chi connectivity index (χ2v) is 17.8. The van der Waals surface area contributed by atoms with Crippen LogP contribution in [0, 0.1) is 0 Å². The summed E-state index contributed by atoms with van der Waals surface area (Å²) in [5, 5.41) is 5.86. The first-order chi connectivity index (χ1) is 34.6. The maximum absolute atomic E-state index is 6.65. The van der Waals surface area contributed by atoms with Gasteiger partial charge in [0, 0.05) is 55.8 Å². The second kappa shape index (κ2) is 17.1. The average molecular weight is 901 g/mol. The van der Waals surface area contributed by atoms with Crippen molar-refractivity contribution in [2.45, 2.75) is 18.6 Å². The fourth-order valence-electron chi connectivity index (χ4n) is 10.5. The lowest BCUT2D eigenvalue weighted by Crippen LogP contribution is -2.31. The average Bonchev–Trinajstić information content (AvgIpc) is 3.94. The molecule has 0 spiro atoms. The molecule has 8 nitrogen and oxygen atoms in total. The number of nitrogens with two attached hydrogens (primary N) is 1. The standard InChI is InChI=1S/C62H44N8/c63-58(41-18-4-1-5-19-41)65-59(42-20-6-2-7-21-42)64-39-69-53-29-14-12-25-49(53)50-37-38-55-56(57(50)69)52-26-13-15-30-54(52)70(55)45-34-31-44(32-35-45)61-66-60(43-22-8-3-9-23-43)67-62(68-61)51-28-16-27-47-46-24-11-10-17-40(46)33-36-48(47)51/h1-38,55-56H,39H2,(H2,63,64,65). The van der Waals surface area contributed by atoms with E-state index in [1.165, 1.54) is 44.1 Å². The summed E-state index contributed by atoms with van der Waals surface area (Å²) in [5.41, 5.74) is 18.3. The number of aliphatic imine (C=N–C) groups is 2. The molecule has 2 atom stereocenters. The van der Waals surface area contributed by atoms with Crippen molar-refractivity contribution in [1.29, 1.82) is 0 Å². The maximum Gasteiger partial charge on any atom is 0.164 e. The smallest absolute Gasteiger partial charge is 0.164 e. The highest BCUT2D eigenvalue weighted by atomic mass is 15.2. The van der Waals surface area contributed by atoms with Gasteiger partial charge in [0.15, 0.2) is 23.3 Å². The van der Waals surface area contributed by atoms with Crippen LogP contribution in [-0.4, -0.2) is 37.2 Å². The molecule has 2 N–H and O–H groups in total. The van der Waals surface area contributed by atoms with E-state index in [-0.39, 0.29) is 12.0 Å². The number of fused-ring (bicyclic) bond motifs is 10. The highest BCUT2D eigenvalue weighted by molar-refractivity contribution is 6.12. The fourth-order valence-corrected chi connectivity index (χ4v) is 10.5. The summed E-state index contributed by atoms with van der Waals surface area (Å²) in [6.45, 7) is 0.355. The molecule has 332 valence electrons. The number of para-hydroxylation sites is 2. The summed E-state index contributed by atoms with van der Waals surface area (Å²) in [6.07, 6.45) is 4.68. The number of rotatable bonds is 8. The minimum Gasteiger partial charge on any atom is -0.383 e. The zero-order valence-corrected chi connectivity index (χ0v) is 38.0. The highest BCUT2D eigenvalue weighted by Crippen LogP contribution is 2.53. The summed E-state index contributed by atoms with van der Waals surface area (Å²) in [6, 6.07) is 75.5. The molecule has 0 amide bonds. The molecule has 9 aromatic carbocycles. The molecule has 1 aliphatic heterocycles. The van der Waals surface area contributed by atoms with E-state index in [1.54, 1.807) is 0 Å². The summed E-state index contributed by atoms with van der Waals surface area (Å²) in [4.78, 5) is 28.2. The Labute approximate surface area is 405 Å². The van der Waals surface area contributed by atoms with E-state index in [4.69, 9.17) is 30.7 Å². The topological polar surface area (TPSA) is 97.6 Å². The summed E-state index contributed by atoms with van der Waals surface area (Å²) < 4.78 is 2.38. The molecular formula is C62H44N8. The molecule has 11 aromatic rings. The lowest BCUT2D eigenvalue weighted by Gasteiger charge is -2.31. The van der Waals surface area contributed by atoms with Crippen molar-refractivity contribution < 1.29 is 0 Å². The Balaban J connectivity index is 0.893. The maximum atomic E-state index is 6.65. The van der Waals surface area contributed by atoms with Crippen LogP contribution >= 0.6 is 0 Å². The lowest BCUT2D eigenvalue weighted by molar-refractivity contribution is 0.634. The molecule has 0 fully saturated rings. The van der Waals surface area contributed by atoms with Crippen LogP contribution in [0.5, 0.6) is 0 Å². The van der Waals surface area contributed by atoms with E-state index in [9.17, 15) is 0 Å². The van der Waals surface area contributed by atoms with Gasteiger partial charge in [0.25, 0.3) is 0 Å². The number of amidine groups is 2. The number of aromatic nitrogens is 4. The molecule has 0 bridgehead atoms. The number of nitrogens with zero attached hydrogens (tertiary/aromatic N) is 7. The first-order valence-electron chi connectivity index (χ1n) is 23.6. The monoisotopic (exact) mass is 900 g/mol. The predicted molar refractivity (Wildman–Crippen MR) is 286 cm³/mol. The third-order valence-corrected chi connectivity index (χ3v) is 13.8. The van der Waals surface area contributed by atoms with Gasteiger partial charge in [0.05, 0.1) is 17.5 Å². The zero-order valence-electron chi connectivity index (χ0n) is 38.0. The Bertz CT molecular complexity index is 3880. The highest BCUT2D eigenvalue weighted by Gasteiger charge is 2.43. The quantitative estimate of drug-likeness (QED) is 0.0931. The van der Waals surface area contributed by atoms with Gasteiger partial charge in [0.1, 0.15) is 12.5 Å². The molecule has 3 heterocycles. The van der Waals surface area contributed by atoms with Crippen molar-refractivity contribution in [1.82, 2.24) is 19.5 Å². The molecule has 0 saturated carbocycles. The van der Waals surface area contributed by atoms with Crippen molar-refractivity contribution >= 4 is 61.6 Å². The van der Waals surface area contributed by atoms with Gasteiger partial charge >= 0.3 is 0 Å². The van der Waals surface area contributed by atoms with Crippen molar-refractivity contribution in [2.24, 2.45) is 15.7 Å². The van der Waals surface area contributed by atoms with Crippen LogP contribution in [0.2, 0.25) is 0 Å². The fraction of sp³-hybridized carbons (Fsp3) is 0.0484. The Morgan fingerprint density at radius 3 is 1.93 bits per heavy atom. The molecule has 0 saturated heterocycles. The normalized spacial score (nSPS) is 15.3. The number of hydrogen-bond donors (Lipinski definition) is 1. The van der Waals surface area contributed by atoms with Crippen LogP contribution < -0.4 is 10.6 Å². The molecule has 2 aliphatic rings. The van der Waals surface area contributed by atoms with Crippen LogP contribution in [0.3, 0.4) is 0 Å². The first kappa shape index (κ1) is 41.0. The van der Waals surface area contributed by atoms with Gasteiger partial charge in [-0.2, -0.15) is 0 Å². The Morgan fingerprint density at radius 1 is 0.514 bits per heavy atom. The van der Waals surface area contributed by atoms with Crippen molar-refractivity contribution in [3.05, 3.63) is 252 Å². The van der Waals surface area contributed by atoms with Crippen molar-refractivity contribution in [3.8, 4) is 34.2 Å². The van der Waals surface area contributed by atoms with Gasteiger partial charge in [-0.25, -0.2) is 24.9 Å². The molecule has 0 radical (unpaired) electrons. The van der Waals surface area contributed by atoms with Gasteiger partial charge in [-0.3, -0.25) is 0 Å². The third-order valence-electron chi connectivity index (χ3n) is 13.8. The predicted octanol–water partition coefficient (Wildman–Crippen LogP) is 13.6. The van der Waals surface area contributed by atoms with Gasteiger partial charge in [-0.1, -0.05) is 194 Å². The van der Waals surface area contributed by atoms with Gasteiger partial charge in [-0.15, -0.1) is 0 Å². The minimum absolute atomic E-state index is 0.000893. The van der Waals surface area contributed by atoms with Gasteiger partial charge < -0.3 is 15.2 Å². The second-order valence-electron chi connectivity index (χ2n) is 17.8. The van der Waals surface area contributed by atoms with Gasteiger partial charge in [-0.05, 0) is 63.5 Å². The van der Waals surface area contributed by atoms with Crippen LogP contribution in [0.1, 0.15) is 33.9 Å². The van der Waals surface area contributed by atoms with E-state index in [0.29, 0.717) is 35.8 Å². The van der Waals surface area contributed by atoms with Crippen molar-refractivity contribution in [3.63, 3.8) is 0 Å². The van der Waals surface area contributed by atoms with Gasteiger partial charge in [0.2, 0.25) is 0 Å². The molecule has 8 heteroatoms. The Morgan fingerprint density at radius 2 is 1.14 bits per heavy atom. The molecule has 2 aromatic heterocycles. The van der Waals surface area contributed by atoms with E-state index in [1.807, 2.05) is 78.9 Å². The van der Waals surface area contributed by atoms with Crippen LogP contribution in [0.15, 0.2) is 234 Å². The minimum atomic E-state index is -0.000893. The SMILES string of the molecule is N/C(=N\C(=N/Cn1c2c(c3ccccc31)C=CC1C2c2ccccc2N1c1ccc(-c2nc(-c3ccccc3)nc(-c3cccc4c3ccc3ccccc34)n2)cc1)c1ccccc1)c1ccccc1. The first-order valence-corrected chi connectivity index (χ1v) is 23.6. The third kappa shape index (κ3) is 7.04. The zero-order chi connectivity index (χ0) is 46.5. The number of anilines is 2. The molecule has 2 unspecified atom stereocenters. The molecule has 1 aliphatic carbocycles. The Kier molecular flexibility index (Phi) is 10.0. The number of hydrogen-bond acceptors (Lipinski definition) is 5. The molecule has 70 heavy (non-hydrogen) atoms.